The predicted octanol–water partition coefficient (Wildman–Crippen LogP) is 3.66. The van der Waals surface area contributed by atoms with Crippen molar-refractivity contribution < 1.29 is 14.5 Å². The highest BCUT2D eigenvalue weighted by atomic mass is 32.1. The molecule has 2 aromatic heterocycles. The van der Waals surface area contributed by atoms with Gasteiger partial charge in [0.05, 0.1) is 38.1 Å². The first-order chi connectivity index (χ1) is 13.0. The molecule has 1 aliphatic heterocycles. The van der Waals surface area contributed by atoms with Gasteiger partial charge in [-0.3, -0.25) is 14.9 Å². The van der Waals surface area contributed by atoms with Gasteiger partial charge in [-0.25, -0.2) is 4.98 Å². The SMILES string of the molecule is Cc1sc(C(=O)Nc2ccc3nc(N4CCOCC4)sc3c2)cc1[N+](=O)[O-]. The molecule has 140 valence electrons. The Morgan fingerprint density at radius 3 is 2.78 bits per heavy atom. The zero-order chi connectivity index (χ0) is 19.0. The maximum absolute atomic E-state index is 12.4. The number of carbonyl (C=O) groups is 1. The van der Waals surface area contributed by atoms with Crippen LogP contribution in [0.5, 0.6) is 0 Å². The first-order valence-corrected chi connectivity index (χ1v) is 9.94. The van der Waals surface area contributed by atoms with E-state index in [1.165, 1.54) is 6.07 Å². The van der Waals surface area contributed by atoms with Gasteiger partial charge in [0.25, 0.3) is 11.6 Å². The van der Waals surface area contributed by atoms with Crippen molar-refractivity contribution >= 4 is 55.3 Å². The third kappa shape index (κ3) is 3.64. The average molecular weight is 404 g/mol. The molecule has 4 rings (SSSR count). The zero-order valence-electron chi connectivity index (χ0n) is 14.4. The van der Waals surface area contributed by atoms with Crippen LogP contribution in [0.2, 0.25) is 0 Å². The van der Waals surface area contributed by atoms with Gasteiger partial charge in [-0.05, 0) is 25.1 Å². The van der Waals surface area contributed by atoms with E-state index >= 15 is 0 Å². The van der Waals surface area contributed by atoms with Crippen LogP contribution in [0.15, 0.2) is 24.3 Å². The van der Waals surface area contributed by atoms with Gasteiger partial charge in [-0.1, -0.05) is 11.3 Å². The highest BCUT2D eigenvalue weighted by Crippen LogP contribution is 2.32. The Morgan fingerprint density at radius 1 is 1.30 bits per heavy atom. The monoisotopic (exact) mass is 404 g/mol. The minimum atomic E-state index is -0.473. The Hall–Kier alpha value is -2.56. The summed E-state index contributed by atoms with van der Waals surface area (Å²) in [4.78, 5) is 30.6. The summed E-state index contributed by atoms with van der Waals surface area (Å²) in [6, 6.07) is 6.85. The number of thiazole rings is 1. The first kappa shape index (κ1) is 17.8. The van der Waals surface area contributed by atoms with Gasteiger partial charge in [-0.15, -0.1) is 11.3 Å². The van der Waals surface area contributed by atoms with Gasteiger partial charge in [-0.2, -0.15) is 0 Å². The molecule has 0 spiro atoms. The lowest BCUT2D eigenvalue weighted by Crippen LogP contribution is -2.36. The molecule has 27 heavy (non-hydrogen) atoms. The maximum atomic E-state index is 12.4. The Bertz CT molecular complexity index is 1020. The molecular formula is C17H16N4O4S2. The summed E-state index contributed by atoms with van der Waals surface area (Å²) in [6.07, 6.45) is 0. The summed E-state index contributed by atoms with van der Waals surface area (Å²) in [7, 11) is 0. The quantitative estimate of drug-likeness (QED) is 0.526. The van der Waals surface area contributed by atoms with Crippen LogP contribution >= 0.6 is 22.7 Å². The lowest BCUT2D eigenvalue weighted by Gasteiger charge is -2.25. The van der Waals surface area contributed by atoms with Crippen LogP contribution in [0.4, 0.5) is 16.5 Å². The van der Waals surface area contributed by atoms with Crippen LogP contribution in [0.3, 0.4) is 0 Å². The topological polar surface area (TPSA) is 97.6 Å². The van der Waals surface area contributed by atoms with Gasteiger partial charge in [0.2, 0.25) is 0 Å². The highest BCUT2D eigenvalue weighted by molar-refractivity contribution is 7.22. The Kier molecular flexibility index (Phi) is 4.77. The number of nitrogens with zero attached hydrogens (tertiary/aromatic N) is 3. The second-order valence-electron chi connectivity index (χ2n) is 6.04. The standard InChI is InChI=1S/C17H16N4O4S2/c1-10-13(21(23)24)9-15(26-10)16(22)18-11-2-3-12-14(8-11)27-17(19-12)20-4-6-25-7-5-20/h2-3,8-9H,4-7H2,1H3,(H,18,22). The number of aryl methyl sites for hydroxylation is 1. The number of ether oxygens (including phenoxy) is 1. The lowest BCUT2D eigenvalue weighted by atomic mass is 10.3. The van der Waals surface area contributed by atoms with E-state index in [9.17, 15) is 14.9 Å². The maximum Gasteiger partial charge on any atom is 0.283 e. The van der Waals surface area contributed by atoms with E-state index in [1.807, 2.05) is 12.1 Å². The number of rotatable bonds is 4. The molecule has 8 nitrogen and oxygen atoms in total. The van der Waals surface area contributed by atoms with E-state index < -0.39 is 4.92 Å². The third-order valence-corrected chi connectivity index (χ3v) is 6.35. The molecule has 10 heteroatoms. The minimum Gasteiger partial charge on any atom is -0.378 e. The summed E-state index contributed by atoms with van der Waals surface area (Å²) < 4.78 is 6.35. The van der Waals surface area contributed by atoms with Gasteiger partial charge < -0.3 is 15.0 Å². The van der Waals surface area contributed by atoms with Crippen molar-refractivity contribution in [1.29, 1.82) is 0 Å². The summed E-state index contributed by atoms with van der Waals surface area (Å²) in [5.41, 5.74) is 1.48. The summed E-state index contributed by atoms with van der Waals surface area (Å²) >= 11 is 2.69. The fourth-order valence-corrected chi connectivity index (χ4v) is 4.78. The van der Waals surface area contributed by atoms with Crippen molar-refractivity contribution in [2.75, 3.05) is 36.5 Å². The van der Waals surface area contributed by atoms with Crippen LogP contribution in [0.25, 0.3) is 10.2 Å². The number of fused-ring (bicyclic) bond motifs is 1. The van der Waals surface area contributed by atoms with Crippen molar-refractivity contribution in [3.05, 3.63) is 44.1 Å². The smallest absolute Gasteiger partial charge is 0.283 e. The van der Waals surface area contributed by atoms with Gasteiger partial charge in [0, 0.05) is 24.8 Å². The average Bonchev–Trinajstić information content (AvgIpc) is 3.25. The van der Waals surface area contributed by atoms with Crippen LogP contribution in [-0.4, -0.2) is 42.1 Å². The second kappa shape index (κ2) is 7.22. The van der Waals surface area contributed by atoms with E-state index in [1.54, 1.807) is 24.3 Å². The number of nitrogens with one attached hydrogen (secondary N) is 1. The Balaban J connectivity index is 1.54. The van der Waals surface area contributed by atoms with E-state index in [0.29, 0.717) is 28.7 Å². The number of hydrogen-bond acceptors (Lipinski definition) is 8. The fourth-order valence-electron chi connectivity index (χ4n) is 2.84. The normalized spacial score (nSPS) is 14.5. The van der Waals surface area contributed by atoms with Crippen molar-refractivity contribution in [3.63, 3.8) is 0 Å². The first-order valence-electron chi connectivity index (χ1n) is 8.31. The van der Waals surface area contributed by atoms with Crippen molar-refractivity contribution in [1.82, 2.24) is 4.98 Å². The van der Waals surface area contributed by atoms with Crippen molar-refractivity contribution in [2.24, 2.45) is 0 Å². The summed E-state index contributed by atoms with van der Waals surface area (Å²) in [5, 5.41) is 14.7. The molecule has 1 saturated heterocycles. The highest BCUT2D eigenvalue weighted by Gasteiger charge is 2.20. The number of anilines is 2. The second-order valence-corrected chi connectivity index (χ2v) is 8.31. The molecule has 1 fully saturated rings. The predicted molar refractivity (Wildman–Crippen MR) is 106 cm³/mol. The van der Waals surface area contributed by atoms with E-state index in [-0.39, 0.29) is 11.6 Å². The molecule has 1 amide bonds. The number of nitro groups is 1. The van der Waals surface area contributed by atoms with Gasteiger partial charge in [0.15, 0.2) is 5.13 Å². The van der Waals surface area contributed by atoms with Crippen molar-refractivity contribution in [2.45, 2.75) is 6.92 Å². The molecule has 0 bridgehead atoms. The summed E-state index contributed by atoms with van der Waals surface area (Å²) in [6.45, 7) is 4.67. The van der Waals surface area contributed by atoms with Gasteiger partial charge in [0.1, 0.15) is 0 Å². The molecule has 1 aliphatic rings. The molecule has 1 N–H and O–H groups in total. The number of benzene rings is 1. The van der Waals surface area contributed by atoms with Gasteiger partial charge >= 0.3 is 0 Å². The molecule has 0 atom stereocenters. The number of thiophene rings is 1. The fraction of sp³-hybridized carbons (Fsp3) is 0.294. The molecule has 0 saturated carbocycles. The van der Waals surface area contributed by atoms with E-state index in [4.69, 9.17) is 4.74 Å². The zero-order valence-corrected chi connectivity index (χ0v) is 16.1. The van der Waals surface area contributed by atoms with Crippen LogP contribution in [-0.2, 0) is 4.74 Å². The molecule has 0 radical (unpaired) electrons. The molecule has 0 aliphatic carbocycles. The Morgan fingerprint density at radius 2 is 2.07 bits per heavy atom. The van der Waals surface area contributed by atoms with Crippen LogP contribution in [0.1, 0.15) is 14.5 Å². The van der Waals surface area contributed by atoms with E-state index in [2.05, 4.69) is 15.2 Å². The molecular weight excluding hydrogens is 388 g/mol. The van der Waals surface area contributed by atoms with E-state index in [0.717, 1.165) is 39.8 Å². The van der Waals surface area contributed by atoms with Crippen LogP contribution < -0.4 is 10.2 Å². The number of carbonyl (C=O) groups excluding carboxylic acids is 1. The Labute approximate surface area is 162 Å². The largest absolute Gasteiger partial charge is 0.378 e. The summed E-state index contributed by atoms with van der Waals surface area (Å²) in [5.74, 6) is -0.353. The van der Waals surface area contributed by atoms with Crippen LogP contribution in [0, 0.1) is 17.0 Å². The molecule has 3 aromatic rings. The molecule has 3 heterocycles. The third-order valence-electron chi connectivity index (χ3n) is 4.23. The minimum absolute atomic E-state index is 0.0294. The lowest BCUT2D eigenvalue weighted by molar-refractivity contribution is -0.385. The number of amides is 1. The number of aromatic nitrogens is 1. The molecule has 0 unspecified atom stereocenters. The number of hydrogen-bond donors (Lipinski definition) is 1. The number of morpholine rings is 1. The van der Waals surface area contributed by atoms with Crippen molar-refractivity contribution in [3.8, 4) is 0 Å². The molecule has 1 aromatic carbocycles.